The third kappa shape index (κ3) is 5.95. The van der Waals surface area contributed by atoms with E-state index >= 15 is 0 Å². The number of halogens is 2. The number of anilines is 3. The Kier molecular flexibility index (Phi) is 7.35. The summed E-state index contributed by atoms with van der Waals surface area (Å²) in [7, 11) is 0. The monoisotopic (exact) mass is 536 g/mol. The molecule has 2 aliphatic carbocycles. The molecule has 5 rings (SSSR count). The number of carbonyl (C=O) groups excluding carboxylic acids is 2. The van der Waals surface area contributed by atoms with Gasteiger partial charge in [-0.05, 0) is 74.9 Å². The number of amides is 2. The van der Waals surface area contributed by atoms with Crippen LogP contribution in [-0.4, -0.2) is 34.1 Å². The van der Waals surface area contributed by atoms with Crippen molar-refractivity contribution in [2.45, 2.75) is 44.6 Å². The van der Waals surface area contributed by atoms with E-state index in [1.807, 2.05) is 0 Å². The second-order valence-electron chi connectivity index (χ2n) is 9.47. The summed E-state index contributed by atoms with van der Waals surface area (Å²) in [5, 5.41) is 9.19. The van der Waals surface area contributed by atoms with Crippen LogP contribution >= 0.6 is 0 Å². The van der Waals surface area contributed by atoms with Crippen LogP contribution in [0.2, 0.25) is 0 Å². The highest BCUT2D eigenvalue weighted by atomic mass is 19.1. The summed E-state index contributed by atoms with van der Waals surface area (Å²) in [5.74, 6) is -2.42. The maximum atomic E-state index is 14.9. The largest absolute Gasteiger partial charge is 0.435 e. The van der Waals surface area contributed by atoms with Crippen molar-refractivity contribution < 1.29 is 27.9 Å². The molecule has 0 spiro atoms. The van der Waals surface area contributed by atoms with Gasteiger partial charge in [0.1, 0.15) is 35.0 Å². The minimum atomic E-state index is -1.28. The predicted molar refractivity (Wildman–Crippen MR) is 139 cm³/mol. The van der Waals surface area contributed by atoms with Crippen molar-refractivity contribution in [1.82, 2.24) is 9.97 Å². The summed E-state index contributed by atoms with van der Waals surface area (Å²) < 4.78 is 33.7. The Labute approximate surface area is 222 Å². The molecule has 2 aliphatic rings. The fourth-order valence-electron chi connectivity index (χ4n) is 4.24. The standard InChI is InChI=1S/C27H26F2N6O4/c28-16-5-7-17(8-6-16)34-25(36)27(11-12-27)26(37)35-18-9-10-22(21(29)13-18)38-24-20(23(30)31-15-32-24)14-33-39-19-3-1-2-4-19/h5-10,13-15,19H,1-4,11-12H2,(H,34,36)(H,35,37)(H2,30,31,32)/b33-14+. The normalized spacial score (nSPS) is 16.2. The first-order chi connectivity index (χ1) is 18.8. The average Bonchev–Trinajstić information content (AvgIpc) is 3.58. The fourth-order valence-corrected chi connectivity index (χ4v) is 4.24. The van der Waals surface area contributed by atoms with E-state index in [4.69, 9.17) is 15.3 Å². The summed E-state index contributed by atoms with van der Waals surface area (Å²) in [6, 6.07) is 9.04. The molecule has 202 valence electrons. The second-order valence-corrected chi connectivity index (χ2v) is 9.47. The van der Waals surface area contributed by atoms with Crippen LogP contribution < -0.4 is 21.1 Å². The predicted octanol–water partition coefficient (Wildman–Crippen LogP) is 4.78. The molecule has 4 N–H and O–H groups in total. The van der Waals surface area contributed by atoms with Gasteiger partial charge in [-0.1, -0.05) is 5.16 Å². The molecule has 12 heteroatoms. The lowest BCUT2D eigenvalue weighted by molar-refractivity contribution is -0.131. The number of hydrogen-bond donors (Lipinski definition) is 3. The Hall–Kier alpha value is -4.61. The highest BCUT2D eigenvalue weighted by molar-refractivity contribution is 6.16. The van der Waals surface area contributed by atoms with Crippen LogP contribution in [0.1, 0.15) is 44.1 Å². The lowest BCUT2D eigenvalue weighted by Gasteiger charge is -2.16. The number of ether oxygens (including phenoxy) is 1. The first-order valence-electron chi connectivity index (χ1n) is 12.5. The smallest absolute Gasteiger partial charge is 0.240 e. The molecule has 1 heterocycles. The first-order valence-corrected chi connectivity index (χ1v) is 12.5. The number of oxime groups is 1. The van der Waals surface area contributed by atoms with E-state index in [9.17, 15) is 18.4 Å². The summed E-state index contributed by atoms with van der Waals surface area (Å²) in [6.07, 6.45) is 7.25. The molecule has 0 aliphatic heterocycles. The maximum Gasteiger partial charge on any atom is 0.240 e. The van der Waals surface area contributed by atoms with Gasteiger partial charge in [-0.15, -0.1) is 0 Å². The van der Waals surface area contributed by atoms with Crippen molar-refractivity contribution >= 4 is 35.2 Å². The molecular weight excluding hydrogens is 510 g/mol. The van der Waals surface area contributed by atoms with Crippen LogP contribution in [0.5, 0.6) is 11.6 Å². The molecule has 2 fully saturated rings. The van der Waals surface area contributed by atoms with Gasteiger partial charge < -0.3 is 25.9 Å². The van der Waals surface area contributed by atoms with Crippen LogP contribution in [0, 0.1) is 17.0 Å². The highest BCUT2D eigenvalue weighted by Crippen LogP contribution is 2.47. The van der Waals surface area contributed by atoms with Crippen molar-refractivity contribution in [1.29, 1.82) is 0 Å². The van der Waals surface area contributed by atoms with E-state index in [2.05, 4.69) is 25.8 Å². The second kappa shape index (κ2) is 11.0. The number of nitrogens with two attached hydrogens (primary N) is 1. The van der Waals surface area contributed by atoms with Crippen molar-refractivity contribution in [2.75, 3.05) is 16.4 Å². The average molecular weight is 537 g/mol. The Balaban J connectivity index is 1.24. The molecule has 10 nitrogen and oxygen atoms in total. The number of rotatable bonds is 9. The molecule has 2 saturated carbocycles. The van der Waals surface area contributed by atoms with E-state index in [0.717, 1.165) is 31.7 Å². The van der Waals surface area contributed by atoms with Crippen LogP contribution in [0.3, 0.4) is 0 Å². The van der Waals surface area contributed by atoms with Gasteiger partial charge in [0, 0.05) is 17.4 Å². The molecular formula is C27H26F2N6O4. The molecule has 0 bridgehead atoms. The number of nitrogens with zero attached hydrogens (tertiary/aromatic N) is 3. The van der Waals surface area contributed by atoms with Crippen molar-refractivity contribution in [3.8, 4) is 11.6 Å². The first kappa shape index (κ1) is 26.0. The van der Waals surface area contributed by atoms with Crippen LogP contribution in [0.4, 0.5) is 26.0 Å². The van der Waals surface area contributed by atoms with Crippen molar-refractivity contribution in [3.63, 3.8) is 0 Å². The van der Waals surface area contributed by atoms with Gasteiger partial charge in [0.25, 0.3) is 0 Å². The Morgan fingerprint density at radius 2 is 1.67 bits per heavy atom. The van der Waals surface area contributed by atoms with Gasteiger partial charge in [-0.25, -0.2) is 18.7 Å². The molecule has 2 aromatic carbocycles. The molecule has 2 amide bonds. The Morgan fingerprint density at radius 1 is 1.00 bits per heavy atom. The van der Waals surface area contributed by atoms with Crippen LogP contribution in [-0.2, 0) is 14.4 Å². The lowest BCUT2D eigenvalue weighted by atomic mass is 10.0. The number of nitrogens with one attached hydrogen (secondary N) is 2. The van der Waals surface area contributed by atoms with Gasteiger partial charge in [-0.3, -0.25) is 9.59 Å². The highest BCUT2D eigenvalue weighted by Gasteiger charge is 2.56. The van der Waals surface area contributed by atoms with Gasteiger partial charge in [0.05, 0.1) is 6.21 Å². The third-order valence-electron chi connectivity index (χ3n) is 6.69. The number of aromatic nitrogens is 2. The lowest BCUT2D eigenvalue weighted by Crippen LogP contribution is -2.35. The van der Waals surface area contributed by atoms with Crippen LogP contribution in [0.25, 0.3) is 0 Å². The molecule has 1 aromatic heterocycles. The topological polar surface area (TPSA) is 141 Å². The van der Waals surface area contributed by atoms with E-state index in [1.165, 1.54) is 48.9 Å². The van der Waals surface area contributed by atoms with Gasteiger partial charge in [0.2, 0.25) is 17.7 Å². The minimum absolute atomic E-state index is 0.0219. The summed E-state index contributed by atoms with van der Waals surface area (Å²) in [4.78, 5) is 39.1. The number of benzene rings is 2. The van der Waals surface area contributed by atoms with Gasteiger partial charge in [-0.2, -0.15) is 0 Å². The zero-order valence-corrected chi connectivity index (χ0v) is 20.8. The van der Waals surface area contributed by atoms with Gasteiger partial charge in [0.15, 0.2) is 11.6 Å². The summed E-state index contributed by atoms with van der Waals surface area (Å²) >= 11 is 0. The zero-order chi connectivity index (χ0) is 27.4. The number of nitrogen functional groups attached to an aromatic ring is 1. The van der Waals surface area contributed by atoms with E-state index in [0.29, 0.717) is 18.5 Å². The van der Waals surface area contributed by atoms with E-state index < -0.39 is 28.9 Å². The maximum absolute atomic E-state index is 14.9. The molecule has 0 atom stereocenters. The quantitative estimate of drug-likeness (QED) is 0.203. The van der Waals surface area contributed by atoms with Gasteiger partial charge >= 0.3 is 0 Å². The SMILES string of the molecule is Nc1ncnc(Oc2ccc(NC(=O)C3(C(=O)Nc4ccc(F)cc4)CC3)cc2F)c1/C=N/OC1CCCC1. The Morgan fingerprint density at radius 3 is 2.33 bits per heavy atom. The van der Waals surface area contributed by atoms with E-state index in [-0.39, 0.29) is 34.8 Å². The molecule has 0 radical (unpaired) electrons. The molecule has 3 aromatic rings. The summed E-state index contributed by atoms with van der Waals surface area (Å²) in [6.45, 7) is 0. The Bertz CT molecular complexity index is 1410. The number of hydrogen-bond acceptors (Lipinski definition) is 8. The molecule has 39 heavy (non-hydrogen) atoms. The third-order valence-corrected chi connectivity index (χ3v) is 6.69. The number of carbonyl (C=O) groups is 2. The van der Waals surface area contributed by atoms with Crippen molar-refractivity contribution in [3.05, 3.63) is 66.0 Å². The van der Waals surface area contributed by atoms with Crippen LogP contribution in [0.15, 0.2) is 53.9 Å². The van der Waals surface area contributed by atoms with Crippen molar-refractivity contribution in [2.24, 2.45) is 10.6 Å². The summed E-state index contributed by atoms with van der Waals surface area (Å²) in [5.41, 5.74) is 5.40. The molecule has 0 unspecified atom stereocenters. The van der Waals surface area contributed by atoms with E-state index in [1.54, 1.807) is 0 Å². The molecule has 0 saturated heterocycles. The zero-order valence-electron chi connectivity index (χ0n) is 20.8. The fraction of sp³-hybridized carbons (Fsp3) is 0.296. The minimum Gasteiger partial charge on any atom is -0.435 e.